The first-order valence-corrected chi connectivity index (χ1v) is 8.03. The molecule has 3 rings (SSSR count). The maximum atomic E-state index is 5.94. The second-order valence-corrected chi connectivity index (χ2v) is 6.51. The standard InChI is InChI=1S/C16H26N4/c1-11(2)16-18-10-15(13(9-17)19-16)20-8-7-12-5-3-4-6-14(12)20/h10-12,14H,3-9,17H2,1-2H3. The molecule has 4 heteroatoms. The second-order valence-electron chi connectivity index (χ2n) is 6.51. The molecule has 1 saturated carbocycles. The molecule has 20 heavy (non-hydrogen) atoms. The Bertz CT molecular complexity index is 472. The van der Waals surface area contributed by atoms with Crippen molar-refractivity contribution in [1.82, 2.24) is 9.97 Å². The van der Waals surface area contributed by atoms with E-state index in [0.29, 0.717) is 18.5 Å². The summed E-state index contributed by atoms with van der Waals surface area (Å²) < 4.78 is 0. The van der Waals surface area contributed by atoms with Crippen molar-refractivity contribution in [2.24, 2.45) is 11.7 Å². The van der Waals surface area contributed by atoms with Gasteiger partial charge in [-0.25, -0.2) is 9.97 Å². The van der Waals surface area contributed by atoms with E-state index in [-0.39, 0.29) is 0 Å². The highest BCUT2D eigenvalue weighted by Gasteiger charge is 2.36. The molecule has 2 aliphatic rings. The van der Waals surface area contributed by atoms with Crippen molar-refractivity contribution in [1.29, 1.82) is 0 Å². The Hall–Kier alpha value is -1.16. The van der Waals surface area contributed by atoms with Gasteiger partial charge >= 0.3 is 0 Å². The van der Waals surface area contributed by atoms with Crippen LogP contribution in [0.2, 0.25) is 0 Å². The number of aromatic nitrogens is 2. The molecule has 1 aromatic rings. The molecule has 2 heterocycles. The van der Waals surface area contributed by atoms with Crippen LogP contribution in [0, 0.1) is 5.92 Å². The van der Waals surface area contributed by atoms with Gasteiger partial charge in [-0.1, -0.05) is 26.7 Å². The SMILES string of the molecule is CC(C)c1ncc(N2CCC3CCCCC32)c(CN)n1. The molecule has 1 aliphatic heterocycles. The summed E-state index contributed by atoms with van der Waals surface area (Å²) in [7, 11) is 0. The highest BCUT2D eigenvalue weighted by molar-refractivity contribution is 5.51. The smallest absolute Gasteiger partial charge is 0.131 e. The molecule has 0 amide bonds. The summed E-state index contributed by atoms with van der Waals surface area (Å²) in [5.41, 5.74) is 8.15. The van der Waals surface area contributed by atoms with Crippen LogP contribution < -0.4 is 10.6 Å². The maximum absolute atomic E-state index is 5.94. The highest BCUT2D eigenvalue weighted by atomic mass is 15.2. The van der Waals surface area contributed by atoms with Crippen molar-refractivity contribution in [3.63, 3.8) is 0 Å². The lowest BCUT2D eigenvalue weighted by Gasteiger charge is -2.33. The molecule has 1 saturated heterocycles. The Morgan fingerprint density at radius 2 is 2.10 bits per heavy atom. The van der Waals surface area contributed by atoms with Crippen LogP contribution in [0.4, 0.5) is 5.69 Å². The summed E-state index contributed by atoms with van der Waals surface area (Å²) in [6.45, 7) is 5.91. The number of fused-ring (bicyclic) bond motifs is 1. The van der Waals surface area contributed by atoms with Crippen molar-refractivity contribution in [2.75, 3.05) is 11.4 Å². The third-order valence-corrected chi connectivity index (χ3v) is 4.89. The molecule has 2 N–H and O–H groups in total. The van der Waals surface area contributed by atoms with Gasteiger partial charge in [-0.05, 0) is 25.2 Å². The van der Waals surface area contributed by atoms with E-state index in [1.165, 1.54) is 37.8 Å². The second kappa shape index (κ2) is 5.68. The van der Waals surface area contributed by atoms with E-state index in [1.807, 2.05) is 6.20 Å². The minimum atomic E-state index is 0.357. The zero-order valence-corrected chi connectivity index (χ0v) is 12.7. The number of nitrogens with zero attached hydrogens (tertiary/aromatic N) is 3. The fraction of sp³-hybridized carbons (Fsp3) is 0.750. The molecular weight excluding hydrogens is 248 g/mol. The Morgan fingerprint density at radius 3 is 2.85 bits per heavy atom. The monoisotopic (exact) mass is 274 g/mol. The summed E-state index contributed by atoms with van der Waals surface area (Å²) in [6, 6.07) is 0.697. The van der Waals surface area contributed by atoms with E-state index in [2.05, 4.69) is 23.7 Å². The van der Waals surface area contributed by atoms with Gasteiger partial charge in [-0.3, -0.25) is 0 Å². The van der Waals surface area contributed by atoms with E-state index < -0.39 is 0 Å². The van der Waals surface area contributed by atoms with Gasteiger partial charge < -0.3 is 10.6 Å². The zero-order chi connectivity index (χ0) is 14.1. The van der Waals surface area contributed by atoms with Crippen LogP contribution >= 0.6 is 0 Å². The molecule has 0 aromatic carbocycles. The summed E-state index contributed by atoms with van der Waals surface area (Å²) in [5.74, 6) is 2.14. The molecule has 0 bridgehead atoms. The normalized spacial score (nSPS) is 26.1. The molecule has 2 fully saturated rings. The summed E-state index contributed by atoms with van der Waals surface area (Å²) >= 11 is 0. The molecule has 1 aliphatic carbocycles. The lowest BCUT2D eigenvalue weighted by Crippen LogP contribution is -2.35. The van der Waals surface area contributed by atoms with E-state index in [9.17, 15) is 0 Å². The van der Waals surface area contributed by atoms with E-state index >= 15 is 0 Å². The lowest BCUT2D eigenvalue weighted by molar-refractivity contribution is 0.342. The van der Waals surface area contributed by atoms with Crippen LogP contribution in [0.5, 0.6) is 0 Å². The quantitative estimate of drug-likeness (QED) is 0.921. The largest absolute Gasteiger partial charge is 0.365 e. The third kappa shape index (κ3) is 2.41. The fourth-order valence-electron chi connectivity index (χ4n) is 3.80. The highest BCUT2D eigenvalue weighted by Crippen LogP contribution is 2.39. The van der Waals surface area contributed by atoms with Crippen molar-refractivity contribution in [3.05, 3.63) is 17.7 Å². The Kier molecular flexibility index (Phi) is 3.92. The van der Waals surface area contributed by atoms with Crippen molar-refractivity contribution < 1.29 is 0 Å². The molecule has 0 spiro atoms. The van der Waals surface area contributed by atoms with Crippen LogP contribution in [0.25, 0.3) is 0 Å². The van der Waals surface area contributed by atoms with Crippen LogP contribution in [0.3, 0.4) is 0 Å². The van der Waals surface area contributed by atoms with Gasteiger partial charge in [0.2, 0.25) is 0 Å². The number of rotatable bonds is 3. The first kappa shape index (κ1) is 13.8. The minimum Gasteiger partial charge on any atom is -0.365 e. The van der Waals surface area contributed by atoms with Crippen molar-refractivity contribution in [3.8, 4) is 0 Å². The molecular formula is C16H26N4. The average molecular weight is 274 g/mol. The molecule has 2 atom stereocenters. The van der Waals surface area contributed by atoms with Crippen LogP contribution in [0.1, 0.15) is 63.4 Å². The van der Waals surface area contributed by atoms with Gasteiger partial charge in [-0.15, -0.1) is 0 Å². The van der Waals surface area contributed by atoms with Crippen LogP contribution in [-0.2, 0) is 6.54 Å². The number of hydrogen-bond acceptors (Lipinski definition) is 4. The number of anilines is 1. The lowest BCUT2D eigenvalue weighted by atomic mass is 9.85. The van der Waals surface area contributed by atoms with Gasteiger partial charge in [0.25, 0.3) is 0 Å². The molecule has 4 nitrogen and oxygen atoms in total. The number of hydrogen-bond donors (Lipinski definition) is 1. The van der Waals surface area contributed by atoms with Crippen molar-refractivity contribution >= 4 is 5.69 Å². The summed E-state index contributed by atoms with van der Waals surface area (Å²) in [5, 5.41) is 0. The molecule has 1 aromatic heterocycles. The predicted molar refractivity (Wildman–Crippen MR) is 81.7 cm³/mol. The van der Waals surface area contributed by atoms with E-state index in [1.54, 1.807) is 0 Å². The zero-order valence-electron chi connectivity index (χ0n) is 12.7. The predicted octanol–water partition coefficient (Wildman–Crippen LogP) is 2.83. The molecule has 0 radical (unpaired) electrons. The Morgan fingerprint density at radius 1 is 1.30 bits per heavy atom. The molecule has 110 valence electrons. The minimum absolute atomic E-state index is 0.357. The van der Waals surface area contributed by atoms with Crippen molar-refractivity contribution in [2.45, 2.75) is 64.5 Å². The van der Waals surface area contributed by atoms with Gasteiger partial charge in [0.1, 0.15) is 5.82 Å². The van der Waals surface area contributed by atoms with Gasteiger partial charge in [0.05, 0.1) is 17.6 Å². The molecule has 2 unspecified atom stereocenters. The van der Waals surface area contributed by atoms with Crippen LogP contribution in [0.15, 0.2) is 6.20 Å². The Balaban J connectivity index is 1.89. The maximum Gasteiger partial charge on any atom is 0.131 e. The van der Waals surface area contributed by atoms with E-state index in [0.717, 1.165) is 24.0 Å². The fourth-order valence-corrected chi connectivity index (χ4v) is 3.80. The Labute approximate surface area is 121 Å². The van der Waals surface area contributed by atoms with Gasteiger partial charge in [-0.2, -0.15) is 0 Å². The number of nitrogens with two attached hydrogens (primary N) is 1. The first-order valence-electron chi connectivity index (χ1n) is 8.03. The summed E-state index contributed by atoms with van der Waals surface area (Å²) in [4.78, 5) is 11.8. The van der Waals surface area contributed by atoms with Crippen LogP contribution in [-0.4, -0.2) is 22.6 Å². The third-order valence-electron chi connectivity index (χ3n) is 4.89. The summed E-state index contributed by atoms with van der Waals surface area (Å²) in [6.07, 6.45) is 8.81. The van der Waals surface area contributed by atoms with Gasteiger partial charge in [0.15, 0.2) is 0 Å². The van der Waals surface area contributed by atoms with E-state index in [4.69, 9.17) is 10.7 Å². The first-order chi connectivity index (χ1) is 9.70. The van der Waals surface area contributed by atoms with Gasteiger partial charge in [0, 0.05) is 25.0 Å². The topological polar surface area (TPSA) is 55.0 Å². The average Bonchev–Trinajstić information content (AvgIpc) is 2.90.